The summed E-state index contributed by atoms with van der Waals surface area (Å²) in [6.07, 6.45) is 1.04. The van der Waals surface area contributed by atoms with Crippen molar-refractivity contribution in [2.24, 2.45) is 5.92 Å². The highest BCUT2D eigenvalue weighted by atomic mass is 35.5. The molecule has 2 atom stereocenters. The lowest BCUT2D eigenvalue weighted by atomic mass is 10.1. The van der Waals surface area contributed by atoms with Crippen molar-refractivity contribution in [3.63, 3.8) is 0 Å². The van der Waals surface area contributed by atoms with Gasteiger partial charge in [0.05, 0.1) is 6.61 Å². The van der Waals surface area contributed by atoms with Gasteiger partial charge in [-0.05, 0) is 20.3 Å². The average molecular weight is 220 g/mol. The molecule has 0 unspecified atom stereocenters. The van der Waals surface area contributed by atoms with E-state index in [2.05, 4.69) is 0 Å². The molecule has 1 heterocycles. The Kier molecular flexibility index (Phi) is 4.69. The van der Waals surface area contributed by atoms with Gasteiger partial charge in [-0.3, -0.25) is 4.79 Å². The lowest BCUT2D eigenvalue weighted by Crippen LogP contribution is -2.34. The topological polar surface area (TPSA) is 29.5 Å². The van der Waals surface area contributed by atoms with E-state index in [4.69, 9.17) is 16.3 Å². The van der Waals surface area contributed by atoms with E-state index in [1.165, 1.54) is 0 Å². The van der Waals surface area contributed by atoms with Crippen LogP contribution in [0.5, 0.6) is 0 Å². The minimum atomic E-state index is -0.402. The van der Waals surface area contributed by atoms with Crippen molar-refractivity contribution in [3.05, 3.63) is 0 Å². The van der Waals surface area contributed by atoms with Crippen LogP contribution in [0.2, 0.25) is 0 Å². The Labute approximate surface area is 90.4 Å². The van der Waals surface area contributed by atoms with Crippen molar-refractivity contribution in [1.29, 1.82) is 0 Å². The molecule has 0 saturated carbocycles. The third-order valence-electron chi connectivity index (χ3n) is 2.50. The third kappa shape index (κ3) is 3.14. The van der Waals surface area contributed by atoms with Gasteiger partial charge in [-0.2, -0.15) is 0 Å². The Balaban J connectivity index is 2.30. The summed E-state index contributed by atoms with van der Waals surface area (Å²) in [5.74, 6) is 0.542. The van der Waals surface area contributed by atoms with Crippen LogP contribution in [0.25, 0.3) is 0 Å². The molecule has 0 aromatic rings. The molecular formula is C10H18ClNO2. The molecular weight excluding hydrogens is 202 g/mol. The van der Waals surface area contributed by atoms with Crippen molar-refractivity contribution < 1.29 is 9.53 Å². The van der Waals surface area contributed by atoms with E-state index in [0.29, 0.717) is 5.92 Å². The minimum absolute atomic E-state index is 0.0469. The second kappa shape index (κ2) is 5.56. The predicted molar refractivity (Wildman–Crippen MR) is 56.5 cm³/mol. The van der Waals surface area contributed by atoms with Crippen molar-refractivity contribution in [1.82, 2.24) is 4.90 Å². The quantitative estimate of drug-likeness (QED) is 0.671. The number of carbonyl (C=O) groups is 1. The van der Waals surface area contributed by atoms with E-state index in [1.54, 1.807) is 6.92 Å². The van der Waals surface area contributed by atoms with Gasteiger partial charge in [-0.15, -0.1) is 11.6 Å². The Hall–Kier alpha value is -0.280. The number of hydrogen-bond donors (Lipinski definition) is 0. The molecule has 0 aromatic carbocycles. The summed E-state index contributed by atoms with van der Waals surface area (Å²) in [7, 11) is 0. The molecule has 0 aliphatic carbocycles. The summed E-state index contributed by atoms with van der Waals surface area (Å²) in [5, 5.41) is -0.402. The number of amides is 1. The number of hydrogen-bond acceptors (Lipinski definition) is 2. The summed E-state index contributed by atoms with van der Waals surface area (Å²) < 4.78 is 5.34. The van der Waals surface area contributed by atoms with Crippen LogP contribution in [0.3, 0.4) is 0 Å². The van der Waals surface area contributed by atoms with E-state index in [0.717, 1.165) is 32.7 Å². The lowest BCUT2D eigenvalue weighted by Gasteiger charge is -2.17. The fourth-order valence-electron chi connectivity index (χ4n) is 1.70. The highest BCUT2D eigenvalue weighted by Gasteiger charge is 2.27. The number of nitrogens with zero attached hydrogens (tertiary/aromatic N) is 1. The van der Waals surface area contributed by atoms with Gasteiger partial charge in [0, 0.05) is 25.6 Å². The first-order valence-electron chi connectivity index (χ1n) is 5.15. The number of rotatable bonds is 4. The predicted octanol–water partition coefficient (Wildman–Crippen LogP) is 1.50. The third-order valence-corrected chi connectivity index (χ3v) is 2.68. The highest BCUT2D eigenvalue weighted by Crippen LogP contribution is 2.18. The molecule has 0 bridgehead atoms. The SMILES string of the molecule is CCOC[C@@H]1CCN(C(=O)[C@@H](C)Cl)C1. The molecule has 1 rings (SSSR count). The highest BCUT2D eigenvalue weighted by molar-refractivity contribution is 6.30. The standard InChI is InChI=1S/C10H18ClNO2/c1-3-14-7-9-4-5-12(6-9)10(13)8(2)11/h8-9H,3-7H2,1-2H3/t8-,9-/m1/s1. The van der Waals surface area contributed by atoms with Crippen LogP contribution < -0.4 is 0 Å². The Morgan fingerprint density at radius 1 is 1.71 bits per heavy atom. The molecule has 1 amide bonds. The van der Waals surface area contributed by atoms with Gasteiger partial charge in [0.25, 0.3) is 0 Å². The number of carbonyl (C=O) groups excluding carboxylic acids is 1. The van der Waals surface area contributed by atoms with Crippen molar-refractivity contribution in [2.75, 3.05) is 26.3 Å². The smallest absolute Gasteiger partial charge is 0.240 e. The maximum Gasteiger partial charge on any atom is 0.240 e. The van der Waals surface area contributed by atoms with Crippen LogP contribution in [0.4, 0.5) is 0 Å². The zero-order chi connectivity index (χ0) is 10.6. The second-order valence-corrected chi connectivity index (χ2v) is 4.37. The molecule has 1 aliphatic heterocycles. The summed E-state index contributed by atoms with van der Waals surface area (Å²) in [6.45, 7) is 6.84. The molecule has 0 spiro atoms. The Morgan fingerprint density at radius 2 is 2.43 bits per heavy atom. The van der Waals surface area contributed by atoms with Gasteiger partial charge in [-0.25, -0.2) is 0 Å². The van der Waals surface area contributed by atoms with Crippen LogP contribution >= 0.6 is 11.6 Å². The van der Waals surface area contributed by atoms with E-state index in [1.807, 2.05) is 11.8 Å². The maximum atomic E-state index is 11.5. The van der Waals surface area contributed by atoms with Gasteiger partial charge in [0.1, 0.15) is 5.38 Å². The van der Waals surface area contributed by atoms with E-state index >= 15 is 0 Å². The van der Waals surface area contributed by atoms with Crippen LogP contribution in [0.15, 0.2) is 0 Å². The maximum absolute atomic E-state index is 11.5. The van der Waals surface area contributed by atoms with Crippen LogP contribution in [0.1, 0.15) is 20.3 Å². The zero-order valence-corrected chi connectivity index (χ0v) is 9.59. The van der Waals surface area contributed by atoms with E-state index in [9.17, 15) is 4.79 Å². The normalized spacial score (nSPS) is 23.9. The molecule has 1 saturated heterocycles. The summed E-state index contributed by atoms with van der Waals surface area (Å²) in [6, 6.07) is 0. The van der Waals surface area contributed by atoms with Crippen molar-refractivity contribution >= 4 is 17.5 Å². The fourth-order valence-corrected chi connectivity index (χ4v) is 1.84. The molecule has 14 heavy (non-hydrogen) atoms. The Morgan fingerprint density at radius 3 is 3.00 bits per heavy atom. The van der Waals surface area contributed by atoms with Crippen LogP contribution in [-0.4, -0.2) is 42.5 Å². The number of ether oxygens (including phenoxy) is 1. The van der Waals surface area contributed by atoms with Crippen LogP contribution in [0, 0.1) is 5.92 Å². The van der Waals surface area contributed by atoms with E-state index < -0.39 is 5.38 Å². The number of likely N-dealkylation sites (tertiary alicyclic amines) is 1. The first kappa shape index (κ1) is 11.8. The first-order chi connectivity index (χ1) is 6.65. The van der Waals surface area contributed by atoms with Gasteiger partial charge < -0.3 is 9.64 Å². The molecule has 4 heteroatoms. The fraction of sp³-hybridized carbons (Fsp3) is 0.900. The van der Waals surface area contributed by atoms with Crippen molar-refractivity contribution in [2.45, 2.75) is 25.6 Å². The average Bonchev–Trinajstić information content (AvgIpc) is 2.61. The van der Waals surface area contributed by atoms with Gasteiger partial charge in [0.15, 0.2) is 0 Å². The molecule has 3 nitrogen and oxygen atoms in total. The summed E-state index contributed by atoms with van der Waals surface area (Å²) >= 11 is 5.74. The zero-order valence-electron chi connectivity index (χ0n) is 8.83. The van der Waals surface area contributed by atoms with E-state index in [-0.39, 0.29) is 5.91 Å². The minimum Gasteiger partial charge on any atom is -0.381 e. The number of halogens is 1. The molecule has 0 aromatic heterocycles. The largest absolute Gasteiger partial charge is 0.381 e. The lowest BCUT2D eigenvalue weighted by molar-refractivity contribution is -0.129. The molecule has 1 aliphatic rings. The van der Waals surface area contributed by atoms with Gasteiger partial charge >= 0.3 is 0 Å². The van der Waals surface area contributed by atoms with Crippen molar-refractivity contribution in [3.8, 4) is 0 Å². The Bertz CT molecular complexity index is 197. The molecule has 0 radical (unpaired) electrons. The van der Waals surface area contributed by atoms with Gasteiger partial charge in [-0.1, -0.05) is 0 Å². The molecule has 1 fully saturated rings. The number of alkyl halides is 1. The van der Waals surface area contributed by atoms with Crippen LogP contribution in [-0.2, 0) is 9.53 Å². The molecule has 82 valence electrons. The monoisotopic (exact) mass is 219 g/mol. The van der Waals surface area contributed by atoms with Gasteiger partial charge in [0.2, 0.25) is 5.91 Å². The first-order valence-corrected chi connectivity index (χ1v) is 5.59. The molecule has 0 N–H and O–H groups in total. The summed E-state index contributed by atoms with van der Waals surface area (Å²) in [4.78, 5) is 13.4. The summed E-state index contributed by atoms with van der Waals surface area (Å²) in [5.41, 5.74) is 0. The second-order valence-electron chi connectivity index (χ2n) is 3.71.